The number of hydrogen-bond donors (Lipinski definition) is 2. The summed E-state index contributed by atoms with van der Waals surface area (Å²) < 4.78 is 0. The van der Waals surface area contributed by atoms with Gasteiger partial charge in [-0.2, -0.15) is 0 Å². The molecule has 0 aromatic rings. The lowest BCUT2D eigenvalue weighted by molar-refractivity contribution is 0.279. The molecular weight excluding hydrogens is 126 g/mol. The fourth-order valence-corrected chi connectivity index (χ4v) is 0.769. The Morgan fingerprint density at radius 1 is 1.62 bits per heavy atom. The summed E-state index contributed by atoms with van der Waals surface area (Å²) >= 11 is 0. The molecule has 0 aromatic heterocycles. The quantitative estimate of drug-likeness (QED) is 0.569. The van der Waals surface area contributed by atoms with Gasteiger partial charge >= 0.3 is 0 Å². The van der Waals surface area contributed by atoms with Gasteiger partial charge in [-0.1, -0.05) is 0 Å². The summed E-state index contributed by atoms with van der Waals surface area (Å²) in [5, 5.41) is 8.34. The highest BCUT2D eigenvalue weighted by atomic mass is 35.5. The molecule has 0 aliphatic heterocycles. The van der Waals surface area contributed by atoms with Crippen LogP contribution in [0.5, 0.6) is 0 Å². The summed E-state index contributed by atoms with van der Waals surface area (Å²) in [5.74, 6) is 0.644. The molecule has 1 fully saturated rings. The van der Waals surface area contributed by atoms with Gasteiger partial charge in [0.2, 0.25) is 0 Å². The zero-order chi connectivity index (χ0) is 5.28. The van der Waals surface area contributed by atoms with E-state index in [2.05, 4.69) is 0 Å². The third-order valence-corrected chi connectivity index (χ3v) is 1.48. The van der Waals surface area contributed by atoms with Crippen LogP contribution in [0.3, 0.4) is 0 Å². The van der Waals surface area contributed by atoms with Gasteiger partial charge in [-0.25, -0.2) is 0 Å². The number of rotatable bonds is 2. The van der Waals surface area contributed by atoms with Crippen LogP contribution in [0.25, 0.3) is 0 Å². The summed E-state index contributed by atoms with van der Waals surface area (Å²) in [6.07, 6.45) is 2.03. The monoisotopic (exact) mass is 137 g/mol. The molecule has 0 aromatic carbocycles. The predicted octanol–water partition coefficient (Wildman–Crippen LogP) is 0.138. The van der Waals surface area contributed by atoms with Gasteiger partial charge in [-0.15, -0.1) is 12.4 Å². The van der Waals surface area contributed by atoms with Gasteiger partial charge in [0.1, 0.15) is 0 Å². The average Bonchev–Trinajstić information content (AvgIpc) is 2.22. The van der Waals surface area contributed by atoms with Crippen LogP contribution in [0.1, 0.15) is 12.8 Å². The van der Waals surface area contributed by atoms with Crippen LogP contribution in [-0.2, 0) is 0 Å². The molecule has 0 unspecified atom stereocenters. The minimum absolute atomic E-state index is 0. The van der Waals surface area contributed by atoms with Gasteiger partial charge in [-0.3, -0.25) is 0 Å². The van der Waals surface area contributed by atoms with Gasteiger partial charge < -0.3 is 10.8 Å². The summed E-state index contributed by atoms with van der Waals surface area (Å²) in [6.45, 7) is 0.304. The van der Waals surface area contributed by atoms with Crippen LogP contribution < -0.4 is 5.73 Å². The molecule has 8 heavy (non-hydrogen) atoms. The van der Waals surface area contributed by atoms with Crippen molar-refractivity contribution in [3.05, 3.63) is 0 Å². The first-order valence-corrected chi connectivity index (χ1v) is 2.71. The zero-order valence-corrected chi connectivity index (χ0v) is 5.53. The van der Waals surface area contributed by atoms with Crippen LogP contribution in [0.2, 0.25) is 0 Å². The highest BCUT2D eigenvalue weighted by Gasteiger charge is 2.31. The van der Waals surface area contributed by atoms with Crippen molar-refractivity contribution < 1.29 is 5.11 Å². The molecule has 0 bridgehead atoms. The Morgan fingerprint density at radius 2 is 2.12 bits per heavy atom. The predicted molar refractivity (Wildman–Crippen MR) is 35.0 cm³/mol. The molecule has 2 atom stereocenters. The molecule has 0 spiro atoms. The van der Waals surface area contributed by atoms with Crippen molar-refractivity contribution in [2.45, 2.75) is 18.9 Å². The fourth-order valence-electron chi connectivity index (χ4n) is 0.769. The second kappa shape index (κ2) is 3.28. The minimum Gasteiger partial charge on any atom is -0.396 e. The third-order valence-electron chi connectivity index (χ3n) is 1.48. The Hall–Kier alpha value is 0.210. The second-order valence-corrected chi connectivity index (χ2v) is 2.17. The first kappa shape index (κ1) is 8.21. The van der Waals surface area contributed by atoms with E-state index in [0.29, 0.717) is 18.6 Å². The summed E-state index contributed by atoms with van der Waals surface area (Å²) in [4.78, 5) is 0. The van der Waals surface area contributed by atoms with Crippen molar-refractivity contribution >= 4 is 12.4 Å². The van der Waals surface area contributed by atoms with Crippen molar-refractivity contribution in [2.75, 3.05) is 6.61 Å². The first-order valence-electron chi connectivity index (χ1n) is 2.71. The number of aliphatic hydroxyl groups is 1. The third kappa shape index (κ3) is 1.99. The van der Waals surface area contributed by atoms with Crippen molar-refractivity contribution in [3.63, 3.8) is 0 Å². The molecule has 3 heteroatoms. The van der Waals surface area contributed by atoms with Crippen LogP contribution in [0.4, 0.5) is 0 Å². The molecule has 1 saturated carbocycles. The normalized spacial score (nSPS) is 33.8. The highest BCUT2D eigenvalue weighted by molar-refractivity contribution is 5.85. The van der Waals surface area contributed by atoms with Crippen molar-refractivity contribution in [1.29, 1.82) is 0 Å². The van der Waals surface area contributed by atoms with E-state index in [9.17, 15) is 0 Å². The maximum atomic E-state index is 8.34. The molecule has 0 heterocycles. The molecule has 1 aliphatic carbocycles. The summed E-state index contributed by atoms with van der Waals surface area (Å²) in [6, 6.07) is 0.409. The number of aliphatic hydroxyl groups excluding tert-OH is 1. The number of halogens is 1. The lowest BCUT2D eigenvalue weighted by Gasteiger charge is -1.86. The van der Waals surface area contributed by atoms with Crippen molar-refractivity contribution in [1.82, 2.24) is 0 Å². The standard InChI is InChI=1S/C5H11NO.ClH/c6-5-3-4(5)1-2-7;/h4-5,7H,1-3,6H2;1H/t4-,5-;/m1./s1. The Morgan fingerprint density at radius 3 is 2.25 bits per heavy atom. The molecule has 2 nitrogen and oxygen atoms in total. The molecular formula is C5H12ClNO. The van der Waals surface area contributed by atoms with Gasteiger partial charge in [0.15, 0.2) is 0 Å². The Balaban J connectivity index is 0.000000490. The van der Waals surface area contributed by atoms with E-state index in [1.54, 1.807) is 0 Å². The Bertz CT molecular complexity index is 69.4. The fraction of sp³-hybridized carbons (Fsp3) is 1.00. The van der Waals surface area contributed by atoms with Crippen LogP contribution in [-0.4, -0.2) is 17.8 Å². The van der Waals surface area contributed by atoms with Gasteiger partial charge in [0, 0.05) is 12.6 Å². The van der Waals surface area contributed by atoms with E-state index < -0.39 is 0 Å². The van der Waals surface area contributed by atoms with Crippen molar-refractivity contribution in [3.8, 4) is 0 Å². The minimum atomic E-state index is 0. The van der Waals surface area contributed by atoms with Gasteiger partial charge in [-0.05, 0) is 18.8 Å². The maximum Gasteiger partial charge on any atom is 0.0434 e. The average molecular weight is 138 g/mol. The van der Waals surface area contributed by atoms with Gasteiger partial charge in [0.05, 0.1) is 0 Å². The largest absolute Gasteiger partial charge is 0.396 e. The first-order chi connectivity index (χ1) is 3.34. The molecule has 1 aliphatic rings. The summed E-state index contributed by atoms with van der Waals surface area (Å²) in [7, 11) is 0. The number of nitrogens with two attached hydrogens (primary N) is 1. The van der Waals surface area contributed by atoms with Crippen LogP contribution in [0, 0.1) is 5.92 Å². The number of hydrogen-bond acceptors (Lipinski definition) is 2. The van der Waals surface area contributed by atoms with E-state index >= 15 is 0 Å². The van der Waals surface area contributed by atoms with Crippen LogP contribution in [0.15, 0.2) is 0 Å². The van der Waals surface area contributed by atoms with Crippen LogP contribution >= 0.6 is 12.4 Å². The molecule has 0 amide bonds. The van der Waals surface area contributed by atoms with E-state index in [0.717, 1.165) is 12.8 Å². The summed E-state index contributed by atoms with van der Waals surface area (Å²) in [5.41, 5.74) is 5.44. The second-order valence-electron chi connectivity index (χ2n) is 2.17. The van der Waals surface area contributed by atoms with E-state index in [4.69, 9.17) is 10.8 Å². The molecule has 0 saturated heterocycles. The Labute approximate surface area is 55.5 Å². The lowest BCUT2D eigenvalue weighted by atomic mass is 10.3. The topological polar surface area (TPSA) is 46.2 Å². The molecule has 1 rings (SSSR count). The molecule has 50 valence electrons. The smallest absolute Gasteiger partial charge is 0.0434 e. The Kier molecular flexibility index (Phi) is 3.36. The van der Waals surface area contributed by atoms with E-state index in [-0.39, 0.29) is 12.4 Å². The highest BCUT2D eigenvalue weighted by Crippen LogP contribution is 2.30. The maximum absolute atomic E-state index is 8.34. The van der Waals surface area contributed by atoms with E-state index in [1.165, 1.54) is 0 Å². The zero-order valence-electron chi connectivity index (χ0n) is 4.71. The SMILES string of the molecule is Cl.N[C@@H]1C[C@H]1CCO. The van der Waals surface area contributed by atoms with Gasteiger partial charge in [0.25, 0.3) is 0 Å². The van der Waals surface area contributed by atoms with E-state index in [1.807, 2.05) is 0 Å². The van der Waals surface area contributed by atoms with Crippen molar-refractivity contribution in [2.24, 2.45) is 11.7 Å². The lowest BCUT2D eigenvalue weighted by Crippen LogP contribution is -2.02. The molecule has 3 N–H and O–H groups in total. The molecule has 0 radical (unpaired) electrons.